The number of hydrogen-bond donors (Lipinski definition) is 2. The lowest BCUT2D eigenvalue weighted by molar-refractivity contribution is -0.122. The summed E-state index contributed by atoms with van der Waals surface area (Å²) < 4.78 is 11.6. The largest absolute Gasteiger partial charge is 0.490 e. The van der Waals surface area contributed by atoms with E-state index in [1.165, 1.54) is 0 Å². The number of fused-ring (bicyclic) bond motifs is 1. The Kier molecular flexibility index (Phi) is 8.49. The molecule has 0 unspecified atom stereocenters. The molecule has 0 aliphatic carbocycles. The molecule has 4 rings (SSSR count). The minimum atomic E-state index is -0.522. The summed E-state index contributed by atoms with van der Waals surface area (Å²) in [6.07, 6.45) is 0.906. The van der Waals surface area contributed by atoms with Crippen molar-refractivity contribution in [2.24, 2.45) is 5.92 Å². The molecule has 7 heteroatoms. The predicted octanol–water partition coefficient (Wildman–Crippen LogP) is 5.88. The van der Waals surface area contributed by atoms with Crippen LogP contribution in [0.4, 0.5) is 0 Å². The van der Waals surface area contributed by atoms with Gasteiger partial charge in [0, 0.05) is 6.42 Å². The molecular weight excluding hydrogens is 476 g/mol. The number of nitrogens with one attached hydrogen (secondary N) is 2. The standard InChI is InChI=1S/C29H31ClN2O4/c1-19(2)28(21-13-14-25-26(17-21)36-16-8-15-35-25)32-27(33)18-24(20-9-4-3-5-10-20)31-29(34)22-11-6-7-12-23(22)30/h3-7,9-14,17,19,24,28H,8,15-16,18H2,1-2H3,(H,31,34)(H,32,33)/t24-,28-/m0/s1. The molecule has 0 saturated carbocycles. The normalized spacial score (nSPS) is 14.4. The van der Waals surface area contributed by atoms with Gasteiger partial charge in [0.2, 0.25) is 5.91 Å². The number of rotatable bonds is 8. The van der Waals surface area contributed by atoms with Crippen LogP contribution in [0.15, 0.2) is 72.8 Å². The van der Waals surface area contributed by atoms with Gasteiger partial charge in [-0.05, 0) is 41.3 Å². The van der Waals surface area contributed by atoms with E-state index in [0.29, 0.717) is 29.5 Å². The number of amides is 2. The Balaban J connectivity index is 1.52. The van der Waals surface area contributed by atoms with E-state index in [1.807, 2.05) is 48.5 Å². The molecule has 2 atom stereocenters. The Morgan fingerprint density at radius 3 is 2.28 bits per heavy atom. The summed E-state index contributed by atoms with van der Waals surface area (Å²) in [5.74, 6) is 1.04. The van der Waals surface area contributed by atoms with Crippen LogP contribution in [0.3, 0.4) is 0 Å². The van der Waals surface area contributed by atoms with Crippen molar-refractivity contribution < 1.29 is 19.1 Å². The highest BCUT2D eigenvalue weighted by molar-refractivity contribution is 6.33. The maximum absolute atomic E-state index is 13.3. The van der Waals surface area contributed by atoms with Crippen LogP contribution in [0, 0.1) is 5.92 Å². The van der Waals surface area contributed by atoms with Crippen LogP contribution in [0.2, 0.25) is 5.02 Å². The lowest BCUT2D eigenvalue weighted by atomic mass is 9.94. The highest BCUT2D eigenvalue weighted by atomic mass is 35.5. The Morgan fingerprint density at radius 2 is 1.56 bits per heavy atom. The molecule has 3 aromatic carbocycles. The van der Waals surface area contributed by atoms with E-state index in [4.69, 9.17) is 21.1 Å². The zero-order chi connectivity index (χ0) is 25.5. The summed E-state index contributed by atoms with van der Waals surface area (Å²) in [7, 11) is 0. The molecule has 1 heterocycles. The average Bonchev–Trinajstić information content (AvgIpc) is 3.12. The fraction of sp³-hybridized carbons (Fsp3) is 0.310. The maximum Gasteiger partial charge on any atom is 0.253 e. The van der Waals surface area contributed by atoms with E-state index in [9.17, 15) is 9.59 Å². The summed E-state index contributed by atoms with van der Waals surface area (Å²) in [5.41, 5.74) is 2.15. The summed E-state index contributed by atoms with van der Waals surface area (Å²) in [6, 6.07) is 21.4. The van der Waals surface area contributed by atoms with Crippen molar-refractivity contribution in [2.75, 3.05) is 13.2 Å². The van der Waals surface area contributed by atoms with Gasteiger partial charge in [-0.2, -0.15) is 0 Å². The van der Waals surface area contributed by atoms with Gasteiger partial charge in [-0.3, -0.25) is 9.59 Å². The van der Waals surface area contributed by atoms with Gasteiger partial charge >= 0.3 is 0 Å². The molecule has 0 spiro atoms. The minimum Gasteiger partial charge on any atom is -0.490 e. The number of ether oxygens (including phenoxy) is 2. The molecule has 188 valence electrons. The van der Waals surface area contributed by atoms with Crippen LogP contribution in [0.1, 0.15) is 60.3 Å². The number of hydrogen-bond acceptors (Lipinski definition) is 4. The summed E-state index contributed by atoms with van der Waals surface area (Å²) in [4.78, 5) is 26.3. The van der Waals surface area contributed by atoms with Crippen LogP contribution in [-0.4, -0.2) is 25.0 Å². The molecule has 0 aromatic heterocycles. The van der Waals surface area contributed by atoms with E-state index in [1.54, 1.807) is 24.3 Å². The average molecular weight is 507 g/mol. The molecule has 6 nitrogen and oxygen atoms in total. The first kappa shape index (κ1) is 25.6. The van der Waals surface area contributed by atoms with Crippen molar-refractivity contribution in [3.8, 4) is 11.5 Å². The Bertz CT molecular complexity index is 1200. The minimum absolute atomic E-state index is 0.0774. The van der Waals surface area contributed by atoms with Crippen molar-refractivity contribution in [3.05, 3.63) is 94.5 Å². The molecule has 2 amide bonds. The zero-order valence-electron chi connectivity index (χ0n) is 20.5. The Labute approximate surface area is 217 Å². The molecule has 0 fully saturated rings. The maximum atomic E-state index is 13.3. The van der Waals surface area contributed by atoms with E-state index in [-0.39, 0.29) is 30.2 Å². The fourth-order valence-corrected chi connectivity index (χ4v) is 4.47. The molecular formula is C29H31ClN2O4. The molecule has 0 saturated heterocycles. The van der Waals surface area contributed by atoms with Crippen molar-refractivity contribution in [1.82, 2.24) is 10.6 Å². The molecule has 36 heavy (non-hydrogen) atoms. The summed E-state index contributed by atoms with van der Waals surface area (Å²) in [6.45, 7) is 5.33. The second-order valence-electron chi connectivity index (χ2n) is 9.17. The lowest BCUT2D eigenvalue weighted by Crippen LogP contribution is -2.36. The van der Waals surface area contributed by atoms with Crippen molar-refractivity contribution in [1.29, 1.82) is 0 Å². The quantitative estimate of drug-likeness (QED) is 0.400. The predicted molar refractivity (Wildman–Crippen MR) is 140 cm³/mol. The monoisotopic (exact) mass is 506 g/mol. The third kappa shape index (κ3) is 6.38. The van der Waals surface area contributed by atoms with Crippen molar-refractivity contribution in [3.63, 3.8) is 0 Å². The number of halogens is 1. The molecule has 0 bridgehead atoms. The molecule has 3 aromatic rings. The van der Waals surface area contributed by atoms with Gasteiger partial charge in [0.05, 0.1) is 42.3 Å². The van der Waals surface area contributed by atoms with Gasteiger partial charge in [0.25, 0.3) is 5.91 Å². The van der Waals surface area contributed by atoms with Gasteiger partial charge < -0.3 is 20.1 Å². The van der Waals surface area contributed by atoms with Crippen LogP contribution in [0.5, 0.6) is 11.5 Å². The summed E-state index contributed by atoms with van der Waals surface area (Å²) in [5, 5.41) is 6.52. The van der Waals surface area contributed by atoms with Crippen molar-refractivity contribution in [2.45, 2.75) is 38.8 Å². The highest BCUT2D eigenvalue weighted by Crippen LogP contribution is 2.34. The first-order chi connectivity index (χ1) is 17.4. The summed E-state index contributed by atoms with van der Waals surface area (Å²) >= 11 is 6.23. The molecule has 1 aliphatic heterocycles. The third-order valence-electron chi connectivity index (χ3n) is 6.13. The van der Waals surface area contributed by atoms with Gasteiger partial charge in [-0.15, -0.1) is 0 Å². The van der Waals surface area contributed by atoms with Crippen molar-refractivity contribution >= 4 is 23.4 Å². The third-order valence-corrected chi connectivity index (χ3v) is 6.46. The molecule has 0 radical (unpaired) electrons. The first-order valence-electron chi connectivity index (χ1n) is 12.2. The van der Waals surface area contributed by atoms with Crippen LogP contribution < -0.4 is 20.1 Å². The lowest BCUT2D eigenvalue weighted by Gasteiger charge is -2.26. The van der Waals surface area contributed by atoms with Gasteiger partial charge in [-0.25, -0.2) is 0 Å². The van der Waals surface area contributed by atoms with Crippen LogP contribution in [0.25, 0.3) is 0 Å². The Hall–Kier alpha value is -3.51. The smallest absolute Gasteiger partial charge is 0.253 e. The van der Waals surface area contributed by atoms with E-state index in [2.05, 4.69) is 24.5 Å². The van der Waals surface area contributed by atoms with Gasteiger partial charge in [-0.1, -0.05) is 74.0 Å². The SMILES string of the molecule is CC(C)[C@H](NC(=O)C[C@H](NC(=O)c1ccccc1Cl)c1ccccc1)c1ccc2c(c1)OCCCO2. The van der Waals surface area contributed by atoms with E-state index in [0.717, 1.165) is 23.3 Å². The van der Waals surface area contributed by atoms with Crippen LogP contribution >= 0.6 is 11.6 Å². The van der Waals surface area contributed by atoms with Gasteiger partial charge in [0.15, 0.2) is 11.5 Å². The fourth-order valence-electron chi connectivity index (χ4n) is 4.24. The number of carbonyl (C=O) groups is 2. The second-order valence-corrected chi connectivity index (χ2v) is 9.57. The number of benzene rings is 3. The van der Waals surface area contributed by atoms with E-state index >= 15 is 0 Å². The Morgan fingerprint density at radius 1 is 0.861 bits per heavy atom. The van der Waals surface area contributed by atoms with Gasteiger partial charge in [0.1, 0.15) is 0 Å². The number of carbonyl (C=O) groups excluding carboxylic acids is 2. The topological polar surface area (TPSA) is 76.7 Å². The van der Waals surface area contributed by atoms with E-state index < -0.39 is 6.04 Å². The molecule has 1 aliphatic rings. The molecule has 2 N–H and O–H groups in total. The van der Waals surface area contributed by atoms with Crippen LogP contribution in [-0.2, 0) is 4.79 Å². The second kappa shape index (κ2) is 12.0. The highest BCUT2D eigenvalue weighted by Gasteiger charge is 2.25. The zero-order valence-corrected chi connectivity index (χ0v) is 21.3. The first-order valence-corrected chi connectivity index (χ1v) is 12.6.